The smallest absolute Gasteiger partial charge is 0.323 e. The van der Waals surface area contributed by atoms with E-state index in [-0.39, 0.29) is 5.82 Å². The highest BCUT2D eigenvalue weighted by atomic mass is 35.5. The molecule has 0 fully saturated rings. The maximum atomic E-state index is 12.7. The molecule has 0 aliphatic rings. The zero-order valence-electron chi connectivity index (χ0n) is 10.6. The number of anilines is 2. The number of ether oxygens (including phenoxy) is 1. The highest BCUT2D eigenvalue weighted by Gasteiger charge is 2.06. The van der Waals surface area contributed by atoms with E-state index in [0.717, 1.165) is 0 Å². The van der Waals surface area contributed by atoms with E-state index < -0.39 is 6.03 Å². The number of nitrogens with one attached hydrogen (secondary N) is 2. The molecule has 0 aliphatic heterocycles. The van der Waals surface area contributed by atoms with Gasteiger partial charge in [-0.25, -0.2) is 9.18 Å². The molecule has 0 radical (unpaired) electrons. The fourth-order valence-corrected chi connectivity index (χ4v) is 1.83. The Morgan fingerprint density at radius 1 is 1.10 bits per heavy atom. The van der Waals surface area contributed by atoms with Gasteiger partial charge in [-0.15, -0.1) is 0 Å². The normalized spacial score (nSPS) is 9.95. The van der Waals surface area contributed by atoms with Gasteiger partial charge in [0.15, 0.2) is 0 Å². The average Bonchev–Trinajstić information content (AvgIpc) is 2.41. The Kier molecular flexibility index (Phi) is 4.42. The summed E-state index contributed by atoms with van der Waals surface area (Å²) in [5, 5.41) is 5.58. The summed E-state index contributed by atoms with van der Waals surface area (Å²) in [5.74, 6) is 0.161. The molecular formula is C14H12ClFN2O2. The first-order valence-corrected chi connectivity index (χ1v) is 6.13. The van der Waals surface area contributed by atoms with Crippen molar-refractivity contribution >= 4 is 29.0 Å². The van der Waals surface area contributed by atoms with Crippen molar-refractivity contribution in [3.05, 3.63) is 53.3 Å². The second-order valence-electron chi connectivity index (χ2n) is 3.94. The van der Waals surface area contributed by atoms with Gasteiger partial charge < -0.3 is 15.4 Å². The molecule has 0 saturated carbocycles. The van der Waals surface area contributed by atoms with E-state index in [0.29, 0.717) is 22.1 Å². The molecular weight excluding hydrogens is 283 g/mol. The molecule has 0 saturated heterocycles. The minimum Gasteiger partial charge on any atom is -0.495 e. The lowest BCUT2D eigenvalue weighted by Gasteiger charge is -2.09. The molecule has 4 nitrogen and oxygen atoms in total. The van der Waals surface area contributed by atoms with E-state index in [1.165, 1.54) is 31.4 Å². The van der Waals surface area contributed by atoms with Crippen LogP contribution in [0.15, 0.2) is 42.5 Å². The fourth-order valence-electron chi connectivity index (χ4n) is 1.57. The molecule has 0 aliphatic carbocycles. The van der Waals surface area contributed by atoms with E-state index in [4.69, 9.17) is 16.3 Å². The van der Waals surface area contributed by atoms with Gasteiger partial charge in [0.25, 0.3) is 0 Å². The Labute approximate surface area is 120 Å². The van der Waals surface area contributed by atoms with Gasteiger partial charge in [0.05, 0.1) is 12.1 Å². The Balaban J connectivity index is 2.01. The maximum Gasteiger partial charge on any atom is 0.323 e. The van der Waals surface area contributed by atoms with Crippen molar-refractivity contribution in [2.24, 2.45) is 0 Å². The van der Waals surface area contributed by atoms with E-state index in [1.54, 1.807) is 18.2 Å². The average molecular weight is 295 g/mol. The topological polar surface area (TPSA) is 50.4 Å². The Bertz CT molecular complexity index is 617. The van der Waals surface area contributed by atoms with Crippen LogP contribution in [0.2, 0.25) is 5.02 Å². The van der Waals surface area contributed by atoms with Crippen LogP contribution in [-0.4, -0.2) is 13.1 Å². The van der Waals surface area contributed by atoms with Gasteiger partial charge in [-0.1, -0.05) is 11.6 Å². The third kappa shape index (κ3) is 3.61. The number of halogens is 2. The standard InChI is InChI=1S/C14H12ClFN2O2/c1-20-13-7-6-11(8-12(13)15)18-14(19)17-10-4-2-9(16)3-5-10/h2-8H,1H3,(H2,17,18,19). The molecule has 6 heteroatoms. The van der Waals surface area contributed by atoms with Crippen LogP contribution in [-0.2, 0) is 0 Å². The first-order valence-electron chi connectivity index (χ1n) is 5.75. The molecule has 0 unspecified atom stereocenters. The number of amides is 2. The Morgan fingerprint density at radius 2 is 1.70 bits per heavy atom. The highest BCUT2D eigenvalue weighted by molar-refractivity contribution is 6.32. The second kappa shape index (κ2) is 6.25. The molecule has 20 heavy (non-hydrogen) atoms. The minimum atomic E-state index is -0.446. The van der Waals surface area contributed by atoms with Crippen molar-refractivity contribution < 1.29 is 13.9 Å². The summed E-state index contributed by atoms with van der Waals surface area (Å²) in [7, 11) is 1.51. The van der Waals surface area contributed by atoms with Crippen molar-refractivity contribution in [2.75, 3.05) is 17.7 Å². The van der Waals surface area contributed by atoms with Crippen LogP contribution < -0.4 is 15.4 Å². The molecule has 104 valence electrons. The largest absolute Gasteiger partial charge is 0.495 e. The van der Waals surface area contributed by atoms with Crippen LogP contribution in [0.3, 0.4) is 0 Å². The summed E-state index contributed by atoms with van der Waals surface area (Å²) < 4.78 is 17.7. The number of hydrogen-bond acceptors (Lipinski definition) is 2. The lowest BCUT2D eigenvalue weighted by molar-refractivity contribution is 0.262. The van der Waals surface area contributed by atoms with Gasteiger partial charge >= 0.3 is 6.03 Å². The van der Waals surface area contributed by atoms with Crippen molar-refractivity contribution in [1.82, 2.24) is 0 Å². The predicted molar refractivity (Wildman–Crippen MR) is 77.0 cm³/mol. The summed E-state index contributed by atoms with van der Waals surface area (Å²) in [6.45, 7) is 0. The molecule has 0 atom stereocenters. The zero-order valence-corrected chi connectivity index (χ0v) is 11.4. The second-order valence-corrected chi connectivity index (χ2v) is 4.34. The molecule has 2 rings (SSSR count). The van der Waals surface area contributed by atoms with E-state index in [2.05, 4.69) is 10.6 Å². The van der Waals surface area contributed by atoms with Crippen LogP contribution in [0.5, 0.6) is 5.75 Å². The number of carbonyl (C=O) groups excluding carboxylic acids is 1. The number of benzene rings is 2. The molecule has 2 aromatic carbocycles. The number of carbonyl (C=O) groups is 1. The third-order valence-electron chi connectivity index (χ3n) is 2.51. The Hall–Kier alpha value is -2.27. The molecule has 0 aromatic heterocycles. The molecule has 2 aromatic rings. The van der Waals surface area contributed by atoms with Crippen LogP contribution in [0.1, 0.15) is 0 Å². The number of urea groups is 1. The minimum absolute atomic E-state index is 0.363. The lowest BCUT2D eigenvalue weighted by Crippen LogP contribution is -2.19. The van der Waals surface area contributed by atoms with Crippen molar-refractivity contribution in [1.29, 1.82) is 0 Å². The molecule has 0 spiro atoms. The quantitative estimate of drug-likeness (QED) is 0.894. The van der Waals surface area contributed by atoms with Gasteiger partial charge in [-0.2, -0.15) is 0 Å². The molecule has 2 amide bonds. The zero-order chi connectivity index (χ0) is 14.5. The monoisotopic (exact) mass is 294 g/mol. The van der Waals surface area contributed by atoms with Gasteiger partial charge in [0, 0.05) is 11.4 Å². The van der Waals surface area contributed by atoms with Crippen LogP contribution in [0.4, 0.5) is 20.6 Å². The fraction of sp³-hybridized carbons (Fsp3) is 0.0714. The molecule has 2 N–H and O–H groups in total. The third-order valence-corrected chi connectivity index (χ3v) is 2.81. The van der Waals surface area contributed by atoms with Gasteiger partial charge in [-0.05, 0) is 42.5 Å². The van der Waals surface area contributed by atoms with Crippen molar-refractivity contribution in [3.63, 3.8) is 0 Å². The van der Waals surface area contributed by atoms with Crippen molar-refractivity contribution in [2.45, 2.75) is 0 Å². The van der Waals surface area contributed by atoms with E-state index >= 15 is 0 Å². The van der Waals surface area contributed by atoms with Gasteiger partial charge in [-0.3, -0.25) is 0 Å². The molecule has 0 bridgehead atoms. The SMILES string of the molecule is COc1ccc(NC(=O)Nc2ccc(F)cc2)cc1Cl. The maximum absolute atomic E-state index is 12.7. The summed E-state index contributed by atoms with van der Waals surface area (Å²) in [6, 6.07) is 9.90. The summed E-state index contributed by atoms with van der Waals surface area (Å²) in [6.07, 6.45) is 0. The number of methoxy groups -OCH3 is 1. The van der Waals surface area contributed by atoms with Crippen molar-refractivity contribution in [3.8, 4) is 5.75 Å². The van der Waals surface area contributed by atoms with E-state index in [1.807, 2.05) is 0 Å². The summed E-state index contributed by atoms with van der Waals surface area (Å²) in [5.41, 5.74) is 1.01. The van der Waals surface area contributed by atoms with Gasteiger partial charge in [0.2, 0.25) is 0 Å². The van der Waals surface area contributed by atoms with Crippen LogP contribution in [0, 0.1) is 5.82 Å². The molecule has 0 heterocycles. The first kappa shape index (κ1) is 14.1. The number of hydrogen-bond donors (Lipinski definition) is 2. The Morgan fingerprint density at radius 3 is 2.30 bits per heavy atom. The lowest BCUT2D eigenvalue weighted by atomic mass is 10.3. The van der Waals surface area contributed by atoms with Crippen LogP contribution >= 0.6 is 11.6 Å². The summed E-state index contributed by atoms with van der Waals surface area (Å²) in [4.78, 5) is 11.7. The summed E-state index contributed by atoms with van der Waals surface area (Å²) >= 11 is 5.95. The first-order chi connectivity index (χ1) is 9.58. The predicted octanol–water partition coefficient (Wildman–Crippen LogP) is 4.13. The van der Waals surface area contributed by atoms with Gasteiger partial charge in [0.1, 0.15) is 11.6 Å². The van der Waals surface area contributed by atoms with Crippen LogP contribution in [0.25, 0.3) is 0 Å². The van der Waals surface area contributed by atoms with E-state index in [9.17, 15) is 9.18 Å². The highest BCUT2D eigenvalue weighted by Crippen LogP contribution is 2.27. The number of rotatable bonds is 3.